The van der Waals surface area contributed by atoms with Crippen molar-refractivity contribution < 1.29 is 9.53 Å². The third-order valence-electron chi connectivity index (χ3n) is 3.05. The third kappa shape index (κ3) is 5.93. The van der Waals surface area contributed by atoms with Crippen molar-refractivity contribution in [2.24, 2.45) is 0 Å². The van der Waals surface area contributed by atoms with Gasteiger partial charge in [-0.25, -0.2) is 0 Å². The van der Waals surface area contributed by atoms with E-state index in [0.29, 0.717) is 13.0 Å². The number of nitrogens with one attached hydrogen (secondary N) is 1. The molecule has 0 radical (unpaired) electrons. The number of carbonyl (C=O) groups excluding carboxylic acids is 1. The van der Waals surface area contributed by atoms with Crippen LogP contribution in [0.15, 0.2) is 54.6 Å². The minimum Gasteiger partial charge on any atom is -0.457 e. The zero-order valence-corrected chi connectivity index (χ0v) is 13.4. The smallest absolute Gasteiger partial charge is 0.232 e. The second kappa shape index (κ2) is 8.72. The number of hydrogen-bond donors (Lipinski definition) is 1. The number of carbonyl (C=O) groups is 1. The number of hydrogen-bond acceptors (Lipinski definition) is 3. The molecule has 0 heterocycles. The average Bonchev–Trinajstić information content (AvgIpc) is 2.56. The van der Waals surface area contributed by atoms with E-state index in [4.69, 9.17) is 23.4 Å². The Kier molecular flexibility index (Phi) is 6.34. The van der Waals surface area contributed by atoms with Crippen LogP contribution in [0.3, 0.4) is 0 Å². The number of terminal acetylenes is 1. The van der Waals surface area contributed by atoms with Crippen LogP contribution in [0.1, 0.15) is 12.0 Å². The molecule has 0 aromatic heterocycles. The van der Waals surface area contributed by atoms with Crippen LogP contribution < -0.4 is 10.1 Å². The molecule has 2 aromatic carbocycles. The van der Waals surface area contributed by atoms with Crippen molar-refractivity contribution in [3.63, 3.8) is 0 Å². The first-order chi connectivity index (χ1) is 11.2. The van der Waals surface area contributed by atoms with E-state index < -0.39 is 0 Å². The van der Waals surface area contributed by atoms with Gasteiger partial charge in [-0.2, -0.15) is 0 Å². The van der Waals surface area contributed by atoms with Gasteiger partial charge in [-0.15, -0.1) is 6.42 Å². The molecule has 1 amide bonds. The van der Waals surface area contributed by atoms with Gasteiger partial charge in [0.2, 0.25) is 5.91 Å². The molecule has 3 nitrogen and oxygen atoms in total. The predicted molar refractivity (Wildman–Crippen MR) is 95.7 cm³/mol. The lowest BCUT2D eigenvalue weighted by Crippen LogP contribution is -2.28. The largest absolute Gasteiger partial charge is 0.457 e. The van der Waals surface area contributed by atoms with Crippen molar-refractivity contribution >= 4 is 23.0 Å². The van der Waals surface area contributed by atoms with E-state index in [1.165, 1.54) is 0 Å². The van der Waals surface area contributed by atoms with Crippen molar-refractivity contribution in [1.82, 2.24) is 5.32 Å². The van der Waals surface area contributed by atoms with E-state index in [9.17, 15) is 4.79 Å². The van der Waals surface area contributed by atoms with Crippen LogP contribution in [-0.2, 0) is 11.2 Å². The molecule has 0 aliphatic heterocycles. The van der Waals surface area contributed by atoms with Crippen LogP contribution in [-0.4, -0.2) is 17.3 Å². The second-order valence-corrected chi connectivity index (χ2v) is 5.51. The molecule has 1 N–H and O–H groups in total. The molecule has 0 spiro atoms. The molecule has 0 bridgehead atoms. The zero-order chi connectivity index (χ0) is 16.5. The summed E-state index contributed by atoms with van der Waals surface area (Å²) in [5.41, 5.74) is 1.07. The van der Waals surface area contributed by atoms with Crippen LogP contribution in [0.4, 0.5) is 0 Å². The molecule has 23 heavy (non-hydrogen) atoms. The Morgan fingerprint density at radius 2 is 1.74 bits per heavy atom. The Hall–Kier alpha value is -2.64. The molecule has 0 aliphatic carbocycles. The van der Waals surface area contributed by atoms with Gasteiger partial charge in [-0.1, -0.05) is 48.5 Å². The van der Waals surface area contributed by atoms with E-state index in [-0.39, 0.29) is 12.3 Å². The maximum absolute atomic E-state index is 11.3. The number of rotatable bonds is 7. The number of benzene rings is 2. The molecule has 4 heteroatoms. The van der Waals surface area contributed by atoms with E-state index >= 15 is 0 Å². The zero-order valence-electron chi connectivity index (χ0n) is 12.6. The topological polar surface area (TPSA) is 38.3 Å². The fourth-order valence-corrected chi connectivity index (χ4v) is 2.18. The highest BCUT2D eigenvalue weighted by Gasteiger charge is 2.04. The molecular weight excluding hydrogens is 306 g/mol. The van der Waals surface area contributed by atoms with E-state index in [1.807, 2.05) is 54.6 Å². The quantitative estimate of drug-likeness (QED) is 0.626. The van der Waals surface area contributed by atoms with Gasteiger partial charge in [0.25, 0.3) is 0 Å². The summed E-state index contributed by atoms with van der Waals surface area (Å²) in [5.74, 6) is 3.69. The van der Waals surface area contributed by atoms with Crippen molar-refractivity contribution in [3.05, 3.63) is 60.2 Å². The summed E-state index contributed by atoms with van der Waals surface area (Å²) in [7, 11) is 0. The van der Waals surface area contributed by atoms with Crippen molar-refractivity contribution in [3.8, 4) is 23.8 Å². The Morgan fingerprint density at radius 3 is 2.39 bits per heavy atom. The van der Waals surface area contributed by atoms with Gasteiger partial charge in [-0.05, 0) is 29.8 Å². The first-order valence-electron chi connectivity index (χ1n) is 7.21. The highest BCUT2D eigenvalue weighted by atomic mass is 32.1. The summed E-state index contributed by atoms with van der Waals surface area (Å²) in [5, 5.41) is 2.70. The van der Waals surface area contributed by atoms with Crippen LogP contribution in [0.25, 0.3) is 0 Å². The summed E-state index contributed by atoms with van der Waals surface area (Å²) in [6, 6.07) is 17.3. The summed E-state index contributed by atoms with van der Waals surface area (Å²) >= 11 is 5.28. The van der Waals surface area contributed by atoms with Crippen LogP contribution in [0, 0.1) is 12.3 Å². The molecule has 2 aromatic rings. The van der Waals surface area contributed by atoms with Gasteiger partial charge in [-0.3, -0.25) is 4.79 Å². The molecule has 0 fully saturated rings. The standard InChI is InChI=1S/C19H17NO2S/c1-2-6-19(21)20-14-18(23)13-15-9-11-17(12-10-15)22-16-7-4-3-5-8-16/h1,3-5,7-12H,6,13-14H2,(H,20,21). The van der Waals surface area contributed by atoms with Gasteiger partial charge in [0.05, 0.1) is 6.42 Å². The molecule has 0 saturated heterocycles. The maximum Gasteiger partial charge on any atom is 0.232 e. The van der Waals surface area contributed by atoms with Gasteiger partial charge in [0, 0.05) is 17.8 Å². The van der Waals surface area contributed by atoms with Gasteiger partial charge in [0.15, 0.2) is 0 Å². The monoisotopic (exact) mass is 323 g/mol. The Labute approximate surface area is 141 Å². The average molecular weight is 323 g/mol. The molecule has 0 atom stereocenters. The van der Waals surface area contributed by atoms with Gasteiger partial charge < -0.3 is 10.1 Å². The molecule has 0 aliphatic rings. The lowest BCUT2D eigenvalue weighted by atomic mass is 10.1. The lowest BCUT2D eigenvalue weighted by molar-refractivity contribution is -0.119. The number of para-hydroxylation sites is 1. The molecular formula is C19H17NO2S. The summed E-state index contributed by atoms with van der Waals surface area (Å²) < 4.78 is 5.74. The maximum atomic E-state index is 11.3. The molecule has 0 unspecified atom stereocenters. The predicted octanol–water partition coefficient (Wildman–Crippen LogP) is 3.53. The van der Waals surface area contributed by atoms with Crippen LogP contribution >= 0.6 is 12.2 Å². The second-order valence-electron chi connectivity index (χ2n) is 4.93. The molecule has 0 saturated carbocycles. The lowest BCUT2D eigenvalue weighted by Gasteiger charge is -2.08. The SMILES string of the molecule is C#CCC(=O)NCC(=S)Cc1ccc(Oc2ccccc2)cc1. The minimum absolute atomic E-state index is 0.0775. The van der Waals surface area contributed by atoms with Crippen LogP contribution in [0.5, 0.6) is 11.5 Å². The van der Waals surface area contributed by atoms with Gasteiger partial charge >= 0.3 is 0 Å². The third-order valence-corrected chi connectivity index (χ3v) is 3.34. The fourth-order valence-electron chi connectivity index (χ4n) is 1.94. The summed E-state index contributed by atoms with van der Waals surface area (Å²) in [6.07, 6.45) is 5.77. The highest BCUT2D eigenvalue weighted by Crippen LogP contribution is 2.21. The normalized spacial score (nSPS) is 9.70. The minimum atomic E-state index is -0.179. The Morgan fingerprint density at radius 1 is 1.09 bits per heavy atom. The van der Waals surface area contributed by atoms with Crippen molar-refractivity contribution in [1.29, 1.82) is 0 Å². The Balaban J connectivity index is 1.84. The van der Waals surface area contributed by atoms with Gasteiger partial charge in [0.1, 0.15) is 11.5 Å². The van der Waals surface area contributed by atoms with Crippen molar-refractivity contribution in [2.75, 3.05) is 6.54 Å². The fraction of sp³-hybridized carbons (Fsp3) is 0.158. The molecule has 116 valence electrons. The van der Waals surface area contributed by atoms with E-state index in [1.54, 1.807) is 0 Å². The summed E-state index contributed by atoms with van der Waals surface area (Å²) in [4.78, 5) is 12.0. The first kappa shape index (κ1) is 16.7. The number of amides is 1. The molecule has 2 rings (SSSR count). The summed E-state index contributed by atoms with van der Waals surface area (Å²) in [6.45, 7) is 0.359. The highest BCUT2D eigenvalue weighted by molar-refractivity contribution is 7.80. The Bertz CT molecular complexity index is 702. The van der Waals surface area contributed by atoms with Crippen LogP contribution in [0.2, 0.25) is 0 Å². The van der Waals surface area contributed by atoms with E-state index in [2.05, 4.69) is 11.2 Å². The first-order valence-corrected chi connectivity index (χ1v) is 7.62. The van der Waals surface area contributed by atoms with E-state index in [0.717, 1.165) is 21.9 Å². The number of ether oxygens (including phenoxy) is 1. The van der Waals surface area contributed by atoms with Crippen molar-refractivity contribution in [2.45, 2.75) is 12.8 Å². The number of thiocarbonyl (C=S) groups is 1.